The van der Waals surface area contributed by atoms with Crippen molar-refractivity contribution in [1.29, 1.82) is 0 Å². The second kappa shape index (κ2) is 4.31. The Balaban J connectivity index is 3.46. The van der Waals surface area contributed by atoms with E-state index in [0.717, 1.165) is 11.1 Å². The summed E-state index contributed by atoms with van der Waals surface area (Å²) in [6, 6.07) is 2.70. The Morgan fingerprint density at radius 2 is 1.21 bits per heavy atom. The van der Waals surface area contributed by atoms with Crippen LogP contribution in [0.3, 0.4) is 0 Å². The standard InChI is InChI=1S/C8H10O4S2/c1-5-3-7(13(9)10)8(14(11)12)4-6(5)2/h3-4H,1-2H3,(H,9,10)(H,11,12)/p-2. The van der Waals surface area contributed by atoms with E-state index in [0.29, 0.717) is 0 Å². The highest BCUT2D eigenvalue weighted by molar-refractivity contribution is 7.82. The number of aryl methyl sites for hydroxylation is 2. The fourth-order valence-electron chi connectivity index (χ4n) is 1.02. The maximum atomic E-state index is 10.7. The normalized spacial score (nSPS) is 15.1. The molecule has 0 aliphatic rings. The van der Waals surface area contributed by atoms with Gasteiger partial charge in [-0.3, -0.25) is 8.42 Å². The second-order valence-corrected chi connectivity index (χ2v) is 4.67. The van der Waals surface area contributed by atoms with Gasteiger partial charge in [0.25, 0.3) is 0 Å². The highest BCUT2D eigenvalue weighted by atomic mass is 32.2. The summed E-state index contributed by atoms with van der Waals surface area (Å²) in [5.41, 5.74) is 1.50. The van der Waals surface area contributed by atoms with Crippen LogP contribution in [0.4, 0.5) is 0 Å². The Morgan fingerprint density at radius 3 is 1.43 bits per heavy atom. The molecule has 1 aromatic rings. The van der Waals surface area contributed by atoms with Crippen LogP contribution in [0.25, 0.3) is 0 Å². The molecular weight excluding hydrogens is 224 g/mol. The zero-order valence-electron chi connectivity index (χ0n) is 7.60. The van der Waals surface area contributed by atoms with Gasteiger partial charge in [-0.05, 0) is 59.3 Å². The Morgan fingerprint density at radius 1 is 0.929 bits per heavy atom. The van der Waals surface area contributed by atoms with Gasteiger partial charge in [-0.1, -0.05) is 0 Å². The summed E-state index contributed by atoms with van der Waals surface area (Å²) in [6.45, 7) is 3.45. The van der Waals surface area contributed by atoms with E-state index in [1.165, 1.54) is 12.1 Å². The molecular formula is C8H8O4S2-2. The average molecular weight is 232 g/mol. The van der Waals surface area contributed by atoms with Crippen LogP contribution < -0.4 is 0 Å². The van der Waals surface area contributed by atoms with E-state index in [2.05, 4.69) is 0 Å². The van der Waals surface area contributed by atoms with E-state index in [4.69, 9.17) is 0 Å². The van der Waals surface area contributed by atoms with E-state index in [9.17, 15) is 17.5 Å². The summed E-state index contributed by atoms with van der Waals surface area (Å²) >= 11 is -5.05. The minimum absolute atomic E-state index is 0.179. The van der Waals surface area contributed by atoms with Gasteiger partial charge in [0.15, 0.2) is 0 Å². The monoisotopic (exact) mass is 232 g/mol. The lowest BCUT2D eigenvalue weighted by atomic mass is 10.1. The van der Waals surface area contributed by atoms with Crippen LogP contribution in [0.1, 0.15) is 11.1 Å². The lowest BCUT2D eigenvalue weighted by molar-refractivity contribution is 0.523. The van der Waals surface area contributed by atoms with Crippen molar-refractivity contribution in [2.24, 2.45) is 0 Å². The van der Waals surface area contributed by atoms with Crippen molar-refractivity contribution in [2.45, 2.75) is 23.6 Å². The molecule has 0 amide bonds. The highest BCUT2D eigenvalue weighted by Crippen LogP contribution is 2.20. The van der Waals surface area contributed by atoms with Crippen LogP contribution in [-0.2, 0) is 22.2 Å². The molecule has 0 saturated carbocycles. The first-order valence-electron chi connectivity index (χ1n) is 3.73. The Kier molecular flexibility index (Phi) is 3.54. The number of benzene rings is 1. The summed E-state index contributed by atoms with van der Waals surface area (Å²) < 4.78 is 42.9. The maximum absolute atomic E-state index is 10.7. The molecule has 2 unspecified atom stereocenters. The first-order valence-corrected chi connectivity index (χ1v) is 5.88. The predicted octanol–water partition coefficient (Wildman–Crippen LogP) is 0.779. The van der Waals surface area contributed by atoms with E-state index in [-0.39, 0.29) is 9.79 Å². The molecule has 4 nitrogen and oxygen atoms in total. The van der Waals surface area contributed by atoms with Crippen molar-refractivity contribution >= 4 is 22.2 Å². The van der Waals surface area contributed by atoms with Crippen LogP contribution in [0, 0.1) is 13.8 Å². The summed E-state index contributed by atoms with van der Waals surface area (Å²) in [4.78, 5) is -0.358. The first kappa shape index (κ1) is 11.5. The molecule has 0 spiro atoms. The van der Waals surface area contributed by atoms with Crippen molar-refractivity contribution in [3.05, 3.63) is 23.3 Å². The number of hydrogen-bond donors (Lipinski definition) is 0. The van der Waals surface area contributed by atoms with Gasteiger partial charge in [-0.25, -0.2) is 0 Å². The van der Waals surface area contributed by atoms with Gasteiger partial charge in [0.1, 0.15) is 0 Å². The SMILES string of the molecule is Cc1cc(S(=O)[O-])c(S(=O)[O-])cc1C. The van der Waals surface area contributed by atoms with Crippen LogP contribution in [0.2, 0.25) is 0 Å². The smallest absolute Gasteiger partial charge is 0.0401 e. The molecule has 0 aromatic heterocycles. The molecule has 0 fully saturated rings. The van der Waals surface area contributed by atoms with Gasteiger partial charge in [-0.15, -0.1) is 0 Å². The number of hydrogen-bond acceptors (Lipinski definition) is 4. The van der Waals surface area contributed by atoms with E-state index >= 15 is 0 Å². The minimum Gasteiger partial charge on any atom is -0.768 e. The lowest BCUT2D eigenvalue weighted by Gasteiger charge is -2.16. The summed E-state index contributed by atoms with van der Waals surface area (Å²) in [5.74, 6) is 0. The van der Waals surface area contributed by atoms with Crippen LogP contribution in [0.5, 0.6) is 0 Å². The topological polar surface area (TPSA) is 80.3 Å². The van der Waals surface area contributed by atoms with Gasteiger partial charge in [0.05, 0.1) is 0 Å². The Hall–Kier alpha value is -0.560. The minimum atomic E-state index is -2.52. The van der Waals surface area contributed by atoms with Crippen molar-refractivity contribution < 1.29 is 17.5 Å². The van der Waals surface area contributed by atoms with E-state index in [1.54, 1.807) is 13.8 Å². The molecule has 0 heterocycles. The van der Waals surface area contributed by atoms with E-state index in [1.807, 2.05) is 0 Å². The molecule has 0 aliphatic carbocycles. The van der Waals surface area contributed by atoms with Crippen LogP contribution >= 0.6 is 0 Å². The highest BCUT2D eigenvalue weighted by Gasteiger charge is 2.06. The molecule has 78 valence electrons. The molecule has 0 saturated heterocycles. The molecule has 2 atom stereocenters. The largest absolute Gasteiger partial charge is 0.768 e. The van der Waals surface area contributed by atoms with Gasteiger partial charge >= 0.3 is 0 Å². The molecule has 14 heavy (non-hydrogen) atoms. The molecule has 0 aliphatic heterocycles. The quantitative estimate of drug-likeness (QED) is 0.706. The van der Waals surface area contributed by atoms with Crippen molar-refractivity contribution in [1.82, 2.24) is 0 Å². The summed E-state index contributed by atoms with van der Waals surface area (Å²) in [5, 5.41) is 0. The summed E-state index contributed by atoms with van der Waals surface area (Å²) in [6.07, 6.45) is 0. The Bertz CT molecular complexity index is 375. The maximum Gasteiger partial charge on any atom is 0.0401 e. The third kappa shape index (κ3) is 2.27. The van der Waals surface area contributed by atoms with Gasteiger partial charge < -0.3 is 9.11 Å². The first-order chi connectivity index (χ1) is 6.43. The van der Waals surface area contributed by atoms with Crippen LogP contribution in [-0.4, -0.2) is 17.5 Å². The Labute approximate surface area is 86.9 Å². The molecule has 0 bridgehead atoms. The zero-order valence-corrected chi connectivity index (χ0v) is 9.24. The predicted molar refractivity (Wildman–Crippen MR) is 50.3 cm³/mol. The molecule has 1 rings (SSSR count). The molecule has 6 heteroatoms. The molecule has 0 radical (unpaired) electrons. The summed E-state index contributed by atoms with van der Waals surface area (Å²) in [7, 11) is 0. The van der Waals surface area contributed by atoms with Crippen molar-refractivity contribution in [2.75, 3.05) is 0 Å². The fraction of sp³-hybridized carbons (Fsp3) is 0.250. The van der Waals surface area contributed by atoms with Gasteiger partial charge in [0, 0.05) is 9.79 Å². The third-order valence-corrected chi connectivity index (χ3v) is 3.44. The van der Waals surface area contributed by atoms with E-state index < -0.39 is 22.2 Å². The van der Waals surface area contributed by atoms with Crippen LogP contribution in [0.15, 0.2) is 21.9 Å². The lowest BCUT2D eigenvalue weighted by Crippen LogP contribution is -2.01. The molecule has 1 aromatic carbocycles. The van der Waals surface area contributed by atoms with Crippen molar-refractivity contribution in [3.63, 3.8) is 0 Å². The third-order valence-electron chi connectivity index (χ3n) is 1.92. The number of rotatable bonds is 2. The molecule has 0 N–H and O–H groups in total. The second-order valence-electron chi connectivity index (χ2n) is 2.85. The van der Waals surface area contributed by atoms with Crippen molar-refractivity contribution in [3.8, 4) is 0 Å². The zero-order chi connectivity index (χ0) is 10.9. The average Bonchev–Trinajstić information content (AvgIpc) is 2.08. The van der Waals surface area contributed by atoms with Gasteiger partial charge in [0.2, 0.25) is 0 Å². The van der Waals surface area contributed by atoms with Gasteiger partial charge in [-0.2, -0.15) is 0 Å². The fourth-order valence-corrected chi connectivity index (χ4v) is 2.42.